The van der Waals surface area contributed by atoms with Gasteiger partial charge in [0.15, 0.2) is 11.4 Å². The Morgan fingerprint density at radius 1 is 1.44 bits per heavy atom. The van der Waals surface area contributed by atoms with E-state index in [-0.39, 0.29) is 35.4 Å². The summed E-state index contributed by atoms with van der Waals surface area (Å²) >= 11 is 0. The van der Waals surface area contributed by atoms with Gasteiger partial charge in [0.25, 0.3) is 0 Å². The predicted octanol–water partition coefficient (Wildman–Crippen LogP) is 1.65. The van der Waals surface area contributed by atoms with Gasteiger partial charge < -0.3 is 20.3 Å². The Bertz CT molecular complexity index is 720. The zero-order valence-electron chi connectivity index (χ0n) is 14.3. The number of carbonyl (C=O) groups is 1. The molecule has 2 bridgehead atoms. The monoisotopic (exact) mass is 358 g/mol. The van der Waals surface area contributed by atoms with Gasteiger partial charge in [-0.25, -0.2) is 0 Å². The summed E-state index contributed by atoms with van der Waals surface area (Å²) in [6, 6.07) is 2.55. The predicted molar refractivity (Wildman–Crippen MR) is 84.4 cm³/mol. The highest BCUT2D eigenvalue weighted by atomic mass is 19.4. The van der Waals surface area contributed by atoms with E-state index in [4.69, 9.17) is 0 Å². The number of hydroxylamine groups is 1. The van der Waals surface area contributed by atoms with Gasteiger partial charge in [0.1, 0.15) is 0 Å². The van der Waals surface area contributed by atoms with E-state index in [2.05, 4.69) is 0 Å². The highest BCUT2D eigenvalue weighted by molar-refractivity contribution is 5.82. The molecule has 0 radical (unpaired) electrons. The molecule has 1 heterocycles. The van der Waals surface area contributed by atoms with Crippen molar-refractivity contribution >= 4 is 11.6 Å². The first kappa shape index (κ1) is 18.0. The number of phenolic OH excluding ortho intramolecular Hbond substituents is 1. The number of likely N-dealkylation sites (tertiary alicyclic amines) is 1. The van der Waals surface area contributed by atoms with E-state index < -0.39 is 23.5 Å². The molecular formula is C17H21F3N2O3. The van der Waals surface area contributed by atoms with Crippen LogP contribution in [0.3, 0.4) is 0 Å². The molecule has 5 nitrogen and oxygen atoms in total. The number of quaternary nitrogens is 1. The average Bonchev–Trinajstić information content (AvgIpc) is 2.49. The van der Waals surface area contributed by atoms with Crippen LogP contribution in [0.4, 0.5) is 18.9 Å². The lowest BCUT2D eigenvalue weighted by Crippen LogP contribution is -2.98. The lowest BCUT2D eigenvalue weighted by atomic mass is 9.59. The Hall–Kier alpha value is -1.80. The topological polar surface area (TPSA) is 68.0 Å². The van der Waals surface area contributed by atoms with Gasteiger partial charge >= 0.3 is 12.1 Å². The zero-order chi connectivity index (χ0) is 18.7. The Kier molecular flexibility index (Phi) is 4.04. The van der Waals surface area contributed by atoms with Crippen LogP contribution in [0.15, 0.2) is 12.1 Å². The minimum absolute atomic E-state index is 0.0263. The fraction of sp³-hybridized carbons (Fsp3) is 0.588. The van der Waals surface area contributed by atoms with Gasteiger partial charge in [0.05, 0.1) is 7.05 Å². The van der Waals surface area contributed by atoms with Crippen molar-refractivity contribution in [2.45, 2.75) is 44.3 Å². The molecule has 0 saturated carbocycles. The number of halogens is 3. The molecule has 2 N–H and O–H groups in total. The first-order chi connectivity index (χ1) is 11.5. The minimum atomic E-state index is -4.90. The van der Waals surface area contributed by atoms with Crippen molar-refractivity contribution < 1.29 is 28.1 Å². The molecule has 1 aliphatic carbocycles. The molecule has 138 valence electrons. The third-order valence-corrected chi connectivity index (χ3v) is 6.00. The van der Waals surface area contributed by atoms with Crippen molar-refractivity contribution in [2.24, 2.45) is 5.92 Å². The van der Waals surface area contributed by atoms with Crippen LogP contribution in [0.1, 0.15) is 31.4 Å². The van der Waals surface area contributed by atoms with Crippen LogP contribution in [0.2, 0.25) is 0 Å². The maximum Gasteiger partial charge on any atom is 0.471 e. The largest absolute Gasteiger partial charge is 0.629 e. The molecule has 1 fully saturated rings. The fourth-order valence-electron chi connectivity index (χ4n) is 4.36. The van der Waals surface area contributed by atoms with E-state index in [1.54, 1.807) is 12.1 Å². The summed E-state index contributed by atoms with van der Waals surface area (Å²) in [6.07, 6.45) is -4.28. The SMILES string of the molecule is C[C@@H]1[C@H]2Cc3cc([NH+](C)[O-])c(O)cc3[C@]1(C)CCN2C(=O)C(F)(F)F. The number of fused-ring (bicyclic) bond motifs is 4. The quantitative estimate of drug-likeness (QED) is 0.593. The van der Waals surface area contributed by atoms with Gasteiger partial charge in [-0.2, -0.15) is 13.2 Å². The van der Waals surface area contributed by atoms with E-state index in [0.29, 0.717) is 6.42 Å². The highest BCUT2D eigenvalue weighted by Gasteiger charge is 2.54. The third-order valence-electron chi connectivity index (χ3n) is 6.00. The summed E-state index contributed by atoms with van der Waals surface area (Å²) in [5, 5.41) is 21.5. The standard InChI is InChI=1S/C17H21F3N2O3/c1-9-12-6-10-7-13(21(3)25)14(23)8-11(10)16(9,2)4-5-22(12)15(24)17(18,19)20/h7-9,12,21,23H,4-6H2,1-3H3/t9-,12-,16-/m1/s1. The molecule has 8 heteroatoms. The van der Waals surface area contributed by atoms with Gasteiger partial charge in [-0.1, -0.05) is 13.8 Å². The summed E-state index contributed by atoms with van der Waals surface area (Å²) in [5.41, 5.74) is 1.29. The number of aromatic hydroxyl groups is 1. The second kappa shape index (κ2) is 5.60. The van der Waals surface area contributed by atoms with E-state index in [1.165, 1.54) is 7.05 Å². The molecule has 1 aromatic carbocycles. The molecule has 0 spiro atoms. The molecular weight excluding hydrogens is 337 g/mol. The van der Waals surface area contributed by atoms with Crippen molar-refractivity contribution in [2.75, 3.05) is 13.6 Å². The van der Waals surface area contributed by atoms with Gasteiger partial charge in [-0.05, 0) is 41.4 Å². The molecule has 2 aliphatic rings. The number of benzene rings is 1. The fourth-order valence-corrected chi connectivity index (χ4v) is 4.36. The molecule has 25 heavy (non-hydrogen) atoms. The van der Waals surface area contributed by atoms with Crippen LogP contribution in [0.5, 0.6) is 5.75 Å². The molecule has 1 amide bonds. The summed E-state index contributed by atoms with van der Waals surface area (Å²) in [6.45, 7) is 3.82. The number of hydrogen-bond acceptors (Lipinski definition) is 3. The van der Waals surface area contributed by atoms with Crippen LogP contribution in [-0.4, -0.2) is 41.7 Å². The molecule has 1 saturated heterocycles. The van der Waals surface area contributed by atoms with Crippen molar-refractivity contribution in [1.82, 2.24) is 4.90 Å². The second-order valence-electron chi connectivity index (χ2n) is 7.31. The van der Waals surface area contributed by atoms with E-state index in [1.807, 2.05) is 13.8 Å². The summed E-state index contributed by atoms with van der Waals surface area (Å²) in [4.78, 5) is 12.7. The lowest BCUT2D eigenvalue weighted by molar-refractivity contribution is -0.751. The van der Waals surface area contributed by atoms with Gasteiger partial charge in [0, 0.05) is 18.7 Å². The van der Waals surface area contributed by atoms with Crippen LogP contribution in [0, 0.1) is 11.1 Å². The molecule has 1 unspecified atom stereocenters. The lowest BCUT2D eigenvalue weighted by Gasteiger charge is -2.54. The summed E-state index contributed by atoms with van der Waals surface area (Å²) in [5.74, 6) is -2.10. The maximum atomic E-state index is 12.9. The molecule has 4 atom stereocenters. The van der Waals surface area contributed by atoms with E-state index >= 15 is 0 Å². The van der Waals surface area contributed by atoms with Gasteiger partial charge in [0.2, 0.25) is 0 Å². The van der Waals surface area contributed by atoms with Crippen LogP contribution in [-0.2, 0) is 16.6 Å². The molecule has 3 rings (SSSR count). The smallest absolute Gasteiger partial charge is 0.471 e. The Labute approximate surface area is 143 Å². The van der Waals surface area contributed by atoms with Crippen LogP contribution >= 0.6 is 0 Å². The number of rotatable bonds is 1. The van der Waals surface area contributed by atoms with Crippen molar-refractivity contribution in [1.29, 1.82) is 0 Å². The normalized spacial score (nSPS) is 30.0. The van der Waals surface area contributed by atoms with E-state index in [0.717, 1.165) is 16.0 Å². The number of amides is 1. The highest BCUT2D eigenvalue weighted by Crippen LogP contribution is 2.50. The molecule has 1 aliphatic heterocycles. The Morgan fingerprint density at radius 3 is 2.64 bits per heavy atom. The zero-order valence-corrected chi connectivity index (χ0v) is 14.3. The average molecular weight is 358 g/mol. The first-order valence-corrected chi connectivity index (χ1v) is 8.22. The number of carbonyl (C=O) groups excluding carboxylic acids is 1. The van der Waals surface area contributed by atoms with Crippen LogP contribution in [0.25, 0.3) is 0 Å². The third kappa shape index (κ3) is 2.67. The number of nitrogens with one attached hydrogen (secondary N) is 1. The van der Waals surface area contributed by atoms with Gasteiger partial charge in [-0.15, -0.1) is 0 Å². The molecule has 1 aromatic rings. The van der Waals surface area contributed by atoms with Crippen LogP contribution < -0.4 is 5.06 Å². The molecule has 0 aromatic heterocycles. The minimum Gasteiger partial charge on any atom is -0.629 e. The number of alkyl halides is 3. The maximum absolute atomic E-state index is 12.9. The Balaban J connectivity index is 2.07. The van der Waals surface area contributed by atoms with Crippen molar-refractivity contribution in [3.8, 4) is 5.75 Å². The van der Waals surface area contributed by atoms with Crippen molar-refractivity contribution in [3.05, 3.63) is 28.5 Å². The number of phenols is 1. The first-order valence-electron chi connectivity index (χ1n) is 8.22. The van der Waals surface area contributed by atoms with Gasteiger partial charge in [-0.3, -0.25) is 4.79 Å². The second-order valence-corrected chi connectivity index (χ2v) is 7.31. The van der Waals surface area contributed by atoms with E-state index in [9.17, 15) is 28.3 Å². The number of hydrogen-bond donors (Lipinski definition) is 2. The number of nitrogens with zero attached hydrogens (tertiary/aromatic N) is 1. The summed E-state index contributed by atoms with van der Waals surface area (Å²) in [7, 11) is 1.33. The van der Waals surface area contributed by atoms with Crippen molar-refractivity contribution in [3.63, 3.8) is 0 Å². The summed E-state index contributed by atoms with van der Waals surface area (Å²) < 4.78 is 38.8. The Morgan fingerprint density at radius 2 is 2.08 bits per heavy atom. The number of piperidine rings is 1.